The number of nitro benzene ring substituents is 1. The number of hydrogen-bond acceptors (Lipinski definition) is 3. The zero-order valence-electron chi connectivity index (χ0n) is 10.3. The van der Waals surface area contributed by atoms with Crippen LogP contribution in [-0.4, -0.2) is 10.2 Å². The van der Waals surface area contributed by atoms with Gasteiger partial charge < -0.3 is 0 Å². The minimum absolute atomic E-state index is 0.165. The summed E-state index contributed by atoms with van der Waals surface area (Å²) in [4.78, 5) is 10.8. The molecule has 18 heavy (non-hydrogen) atoms. The van der Waals surface area contributed by atoms with Gasteiger partial charge in [-0.25, -0.2) is 4.39 Å². The van der Waals surface area contributed by atoms with Gasteiger partial charge in [-0.1, -0.05) is 19.8 Å². The van der Waals surface area contributed by atoms with Crippen molar-refractivity contribution in [1.29, 1.82) is 0 Å². The lowest BCUT2D eigenvalue weighted by atomic mass is 9.91. The van der Waals surface area contributed by atoms with Crippen LogP contribution in [0.4, 0.5) is 10.1 Å². The predicted molar refractivity (Wildman–Crippen MR) is 70.3 cm³/mol. The summed E-state index contributed by atoms with van der Waals surface area (Å²) in [6.07, 6.45) is 4.66. The first-order chi connectivity index (χ1) is 8.54. The first-order valence-corrected chi connectivity index (χ1v) is 7.04. The predicted octanol–water partition coefficient (Wildman–Crippen LogP) is 4.40. The molecule has 1 aliphatic carbocycles. The second kappa shape index (κ2) is 5.69. The summed E-state index contributed by atoms with van der Waals surface area (Å²) in [5.74, 6) is 0.162. The van der Waals surface area contributed by atoms with E-state index in [2.05, 4.69) is 6.92 Å². The van der Waals surface area contributed by atoms with Crippen LogP contribution in [-0.2, 0) is 0 Å². The number of hydrogen-bond donors (Lipinski definition) is 0. The number of nitrogens with zero attached hydrogens (tertiary/aromatic N) is 1. The smallest absolute Gasteiger partial charge is 0.258 e. The number of non-ortho nitro benzene ring substituents is 1. The molecule has 1 fully saturated rings. The number of nitro groups is 1. The molecule has 3 nitrogen and oxygen atoms in total. The quantitative estimate of drug-likeness (QED) is 0.603. The Bertz CT molecular complexity index is 453. The van der Waals surface area contributed by atoms with Crippen LogP contribution >= 0.6 is 11.8 Å². The topological polar surface area (TPSA) is 43.1 Å². The number of thioether (sulfide) groups is 1. The second-order valence-electron chi connectivity index (χ2n) is 4.91. The third-order valence-electron chi connectivity index (χ3n) is 3.26. The molecule has 0 radical (unpaired) electrons. The molecule has 98 valence electrons. The number of halogens is 1. The van der Waals surface area contributed by atoms with Crippen molar-refractivity contribution in [2.24, 2.45) is 5.92 Å². The lowest BCUT2D eigenvalue weighted by Gasteiger charge is -2.26. The summed E-state index contributed by atoms with van der Waals surface area (Å²) in [5, 5.41) is 11.1. The largest absolute Gasteiger partial charge is 0.273 e. The number of rotatable bonds is 3. The maximum atomic E-state index is 13.3. The van der Waals surface area contributed by atoms with Crippen molar-refractivity contribution in [2.75, 3.05) is 0 Å². The van der Waals surface area contributed by atoms with Crippen molar-refractivity contribution in [1.82, 2.24) is 0 Å². The molecule has 0 amide bonds. The molecule has 1 saturated carbocycles. The highest BCUT2D eigenvalue weighted by Gasteiger charge is 2.21. The van der Waals surface area contributed by atoms with E-state index >= 15 is 0 Å². The summed E-state index contributed by atoms with van der Waals surface area (Å²) in [5.41, 5.74) is -0.165. The second-order valence-corrected chi connectivity index (χ2v) is 6.29. The van der Waals surface area contributed by atoms with E-state index in [1.807, 2.05) is 0 Å². The van der Waals surface area contributed by atoms with Gasteiger partial charge in [-0.2, -0.15) is 0 Å². The van der Waals surface area contributed by atoms with Crippen LogP contribution < -0.4 is 0 Å². The lowest BCUT2D eigenvalue weighted by Crippen LogP contribution is -2.14. The molecule has 0 aliphatic heterocycles. The first kappa shape index (κ1) is 13.3. The Balaban J connectivity index is 2.10. The molecule has 0 saturated heterocycles. The lowest BCUT2D eigenvalue weighted by molar-refractivity contribution is -0.385. The molecule has 5 heteroatoms. The van der Waals surface area contributed by atoms with Crippen LogP contribution in [0.2, 0.25) is 0 Å². The van der Waals surface area contributed by atoms with Crippen LogP contribution in [0.1, 0.15) is 32.6 Å². The van der Waals surface area contributed by atoms with Gasteiger partial charge in [0.2, 0.25) is 0 Å². The van der Waals surface area contributed by atoms with E-state index in [9.17, 15) is 14.5 Å². The van der Waals surface area contributed by atoms with Gasteiger partial charge in [-0.15, -0.1) is 11.8 Å². The van der Waals surface area contributed by atoms with E-state index in [1.165, 1.54) is 25.0 Å². The van der Waals surface area contributed by atoms with Crippen molar-refractivity contribution in [3.05, 3.63) is 34.1 Å². The molecule has 2 atom stereocenters. The molecule has 1 aromatic rings. The van der Waals surface area contributed by atoms with Crippen molar-refractivity contribution >= 4 is 17.4 Å². The zero-order valence-corrected chi connectivity index (χ0v) is 11.1. The fourth-order valence-corrected chi connectivity index (χ4v) is 3.86. The van der Waals surface area contributed by atoms with Gasteiger partial charge in [0.25, 0.3) is 5.69 Å². The maximum absolute atomic E-state index is 13.3. The normalized spacial score (nSPS) is 23.9. The number of benzene rings is 1. The Morgan fingerprint density at radius 1 is 1.39 bits per heavy atom. The minimum Gasteiger partial charge on any atom is -0.258 e. The van der Waals surface area contributed by atoms with Gasteiger partial charge in [-0.3, -0.25) is 10.1 Å². The Hall–Kier alpha value is -1.10. The van der Waals surface area contributed by atoms with E-state index in [0.717, 1.165) is 18.9 Å². The summed E-state index contributed by atoms with van der Waals surface area (Å²) < 4.78 is 13.3. The van der Waals surface area contributed by atoms with E-state index in [-0.39, 0.29) is 5.69 Å². The summed E-state index contributed by atoms with van der Waals surface area (Å²) in [6, 6.07) is 3.82. The molecule has 0 N–H and O–H groups in total. The van der Waals surface area contributed by atoms with E-state index in [0.29, 0.717) is 16.1 Å². The highest BCUT2D eigenvalue weighted by atomic mass is 32.2. The molecule has 1 aromatic carbocycles. The third-order valence-corrected chi connectivity index (χ3v) is 4.53. The van der Waals surface area contributed by atoms with Gasteiger partial charge in [0.1, 0.15) is 5.82 Å². The van der Waals surface area contributed by atoms with Crippen LogP contribution in [0, 0.1) is 21.8 Å². The van der Waals surface area contributed by atoms with Gasteiger partial charge in [0.05, 0.1) is 11.0 Å². The van der Waals surface area contributed by atoms with Crippen molar-refractivity contribution in [3.8, 4) is 0 Å². The Morgan fingerprint density at radius 3 is 2.83 bits per heavy atom. The van der Waals surface area contributed by atoms with Crippen molar-refractivity contribution in [3.63, 3.8) is 0 Å². The summed E-state index contributed by atoms with van der Waals surface area (Å²) >= 11 is 1.57. The fraction of sp³-hybridized carbons (Fsp3) is 0.538. The van der Waals surface area contributed by atoms with E-state index < -0.39 is 10.7 Å². The Labute approximate surface area is 110 Å². The highest BCUT2D eigenvalue weighted by Crippen LogP contribution is 2.37. The van der Waals surface area contributed by atoms with Gasteiger partial charge in [0.15, 0.2) is 0 Å². The van der Waals surface area contributed by atoms with Crippen molar-refractivity contribution < 1.29 is 9.31 Å². The molecule has 0 aromatic heterocycles. The van der Waals surface area contributed by atoms with E-state index in [4.69, 9.17) is 0 Å². The van der Waals surface area contributed by atoms with Crippen molar-refractivity contribution in [2.45, 2.75) is 42.8 Å². The minimum atomic E-state index is -0.545. The van der Waals surface area contributed by atoms with Crippen LogP contribution in [0.25, 0.3) is 0 Å². The third kappa shape index (κ3) is 3.45. The average Bonchev–Trinajstić information content (AvgIpc) is 2.28. The standard InChI is InChI=1S/C13H16FNO2S/c1-9-3-2-4-12(5-9)18-13-7-10(14)6-11(8-13)15(16)17/h6-9,12H,2-5H2,1H3. The molecule has 0 bridgehead atoms. The molecule has 0 spiro atoms. The Kier molecular flexibility index (Phi) is 4.22. The highest BCUT2D eigenvalue weighted by molar-refractivity contribution is 8.00. The van der Waals surface area contributed by atoms with Gasteiger partial charge in [0, 0.05) is 16.2 Å². The van der Waals surface area contributed by atoms with E-state index in [1.54, 1.807) is 11.8 Å². The SMILES string of the molecule is CC1CCCC(Sc2cc(F)cc([N+](=O)[O-])c2)C1. The average molecular weight is 269 g/mol. The first-order valence-electron chi connectivity index (χ1n) is 6.16. The van der Waals surface area contributed by atoms with Crippen LogP contribution in [0.15, 0.2) is 23.1 Å². The maximum Gasteiger partial charge on any atom is 0.273 e. The molecule has 2 rings (SSSR count). The molecule has 0 heterocycles. The van der Waals surface area contributed by atoms with Gasteiger partial charge >= 0.3 is 0 Å². The summed E-state index contributed by atoms with van der Waals surface area (Å²) in [6.45, 7) is 2.22. The molecule has 2 unspecified atom stereocenters. The summed E-state index contributed by atoms with van der Waals surface area (Å²) in [7, 11) is 0. The Morgan fingerprint density at radius 2 is 2.17 bits per heavy atom. The molecular formula is C13H16FNO2S. The van der Waals surface area contributed by atoms with Gasteiger partial charge in [-0.05, 0) is 24.8 Å². The van der Waals surface area contributed by atoms with Crippen LogP contribution in [0.5, 0.6) is 0 Å². The molecular weight excluding hydrogens is 253 g/mol. The monoisotopic (exact) mass is 269 g/mol. The zero-order chi connectivity index (χ0) is 13.1. The molecule has 1 aliphatic rings. The fourth-order valence-electron chi connectivity index (χ4n) is 2.40. The van der Waals surface area contributed by atoms with Crippen LogP contribution in [0.3, 0.4) is 0 Å².